The van der Waals surface area contributed by atoms with E-state index < -0.39 is 5.91 Å². The fourth-order valence-electron chi connectivity index (χ4n) is 1.82. The van der Waals surface area contributed by atoms with Gasteiger partial charge in [0, 0.05) is 32.4 Å². The van der Waals surface area contributed by atoms with Crippen molar-refractivity contribution in [3.8, 4) is 0 Å². The van der Waals surface area contributed by atoms with Gasteiger partial charge in [-0.2, -0.15) is 0 Å². The predicted molar refractivity (Wildman–Crippen MR) is 67.2 cm³/mol. The van der Waals surface area contributed by atoms with Crippen LogP contribution in [-0.4, -0.2) is 48.4 Å². The molecule has 2 aliphatic rings. The Kier molecular flexibility index (Phi) is 4.30. The second-order valence-electron chi connectivity index (χ2n) is 4.00. The summed E-state index contributed by atoms with van der Waals surface area (Å²) in [4.78, 5) is 17.7. The summed E-state index contributed by atoms with van der Waals surface area (Å²) >= 11 is 0. The van der Waals surface area contributed by atoms with Crippen LogP contribution in [0.5, 0.6) is 0 Å². The molecule has 96 valence electrons. The molecule has 0 aromatic carbocycles. The molecule has 2 aliphatic heterocycles. The molecule has 18 heavy (non-hydrogen) atoms. The van der Waals surface area contributed by atoms with E-state index >= 15 is 0 Å². The number of hydrogen-bond donors (Lipinski definition) is 3. The monoisotopic (exact) mass is 248 g/mol. The molecule has 2 rings (SSSR count). The minimum atomic E-state index is -0.547. The van der Waals surface area contributed by atoms with E-state index in [4.69, 9.17) is 5.21 Å². The molecule has 1 fully saturated rings. The minimum absolute atomic E-state index is 0.350. The quantitative estimate of drug-likeness (QED) is 0.359. The third-order valence-corrected chi connectivity index (χ3v) is 2.79. The SMILES string of the molecule is O=C(NO)C1=CCC=C=C(N2CCNCC2)N=C1. The first-order valence-electron chi connectivity index (χ1n) is 5.91. The molecule has 0 spiro atoms. The number of carbonyl (C=O) groups excluding carboxylic acids is 1. The van der Waals surface area contributed by atoms with Crippen molar-refractivity contribution in [1.82, 2.24) is 15.7 Å². The maximum Gasteiger partial charge on any atom is 0.275 e. The summed E-state index contributed by atoms with van der Waals surface area (Å²) in [6, 6.07) is 0. The van der Waals surface area contributed by atoms with Gasteiger partial charge in [-0.25, -0.2) is 10.5 Å². The van der Waals surface area contributed by atoms with Crippen molar-refractivity contribution >= 4 is 12.1 Å². The second kappa shape index (κ2) is 6.16. The highest BCUT2D eigenvalue weighted by atomic mass is 16.5. The largest absolute Gasteiger partial charge is 0.347 e. The molecule has 0 atom stereocenters. The van der Waals surface area contributed by atoms with Gasteiger partial charge in [0.2, 0.25) is 0 Å². The highest BCUT2D eigenvalue weighted by Crippen LogP contribution is 2.09. The average Bonchev–Trinajstić information content (AvgIpc) is 2.39. The summed E-state index contributed by atoms with van der Waals surface area (Å²) in [5, 5.41) is 11.9. The van der Waals surface area contributed by atoms with Crippen LogP contribution in [0.1, 0.15) is 6.42 Å². The topological polar surface area (TPSA) is 77.0 Å². The lowest BCUT2D eigenvalue weighted by atomic mass is 10.2. The molecule has 0 bridgehead atoms. The predicted octanol–water partition coefficient (Wildman–Crippen LogP) is -0.206. The van der Waals surface area contributed by atoms with Crippen LogP contribution in [0.3, 0.4) is 0 Å². The first-order chi connectivity index (χ1) is 8.81. The fourth-order valence-corrected chi connectivity index (χ4v) is 1.82. The Balaban J connectivity index is 2.13. The van der Waals surface area contributed by atoms with E-state index in [2.05, 4.69) is 20.9 Å². The standard InChI is InChI=1S/C12H16N4O2/c17-12(15-18)10-3-1-2-4-11(14-9-10)16-7-5-13-6-8-16/h2-3,9,13,18H,1,5-8H2,(H,15,17). The van der Waals surface area contributed by atoms with Gasteiger partial charge in [-0.15, -0.1) is 0 Å². The molecule has 0 radical (unpaired) electrons. The number of nitrogens with zero attached hydrogens (tertiary/aromatic N) is 2. The fraction of sp³-hybridized carbons (Fsp3) is 0.417. The molecule has 2 heterocycles. The highest BCUT2D eigenvalue weighted by molar-refractivity contribution is 6.11. The van der Waals surface area contributed by atoms with E-state index in [1.54, 1.807) is 11.6 Å². The van der Waals surface area contributed by atoms with Crippen molar-refractivity contribution < 1.29 is 10.0 Å². The van der Waals surface area contributed by atoms with Gasteiger partial charge >= 0.3 is 0 Å². The van der Waals surface area contributed by atoms with Crippen molar-refractivity contribution in [2.45, 2.75) is 6.42 Å². The van der Waals surface area contributed by atoms with Crippen LogP contribution in [0.4, 0.5) is 0 Å². The smallest absolute Gasteiger partial charge is 0.275 e. The molecule has 0 aliphatic carbocycles. The Hall–Kier alpha value is -1.88. The van der Waals surface area contributed by atoms with E-state index in [0.29, 0.717) is 12.0 Å². The number of rotatable bonds is 2. The molecule has 1 amide bonds. The third kappa shape index (κ3) is 3.07. The molecule has 0 aromatic rings. The Morgan fingerprint density at radius 3 is 3.00 bits per heavy atom. The third-order valence-electron chi connectivity index (χ3n) is 2.79. The van der Waals surface area contributed by atoms with E-state index in [9.17, 15) is 4.79 Å². The first kappa shape index (κ1) is 12.6. The van der Waals surface area contributed by atoms with Crippen LogP contribution >= 0.6 is 0 Å². The Morgan fingerprint density at radius 2 is 2.28 bits per heavy atom. The van der Waals surface area contributed by atoms with Crippen molar-refractivity contribution in [2.75, 3.05) is 26.2 Å². The van der Waals surface area contributed by atoms with E-state index in [0.717, 1.165) is 32.0 Å². The lowest BCUT2D eigenvalue weighted by Crippen LogP contribution is -2.42. The zero-order valence-electron chi connectivity index (χ0n) is 10.0. The molecule has 1 saturated heterocycles. The van der Waals surface area contributed by atoms with Gasteiger partial charge in [0.25, 0.3) is 5.91 Å². The van der Waals surface area contributed by atoms with Crippen LogP contribution < -0.4 is 10.8 Å². The second-order valence-corrected chi connectivity index (χ2v) is 4.00. The molecule has 0 saturated carbocycles. The number of aliphatic imine (C=N–C) groups is 1. The van der Waals surface area contributed by atoms with Gasteiger partial charge in [-0.1, -0.05) is 11.8 Å². The van der Waals surface area contributed by atoms with Crippen LogP contribution in [0, 0.1) is 0 Å². The maximum absolute atomic E-state index is 11.3. The summed E-state index contributed by atoms with van der Waals surface area (Å²) in [5.41, 5.74) is 5.08. The number of carbonyl (C=O) groups is 1. The van der Waals surface area contributed by atoms with Crippen LogP contribution in [0.15, 0.2) is 34.3 Å². The number of hydrogen-bond acceptors (Lipinski definition) is 5. The number of nitrogens with one attached hydrogen (secondary N) is 2. The van der Waals surface area contributed by atoms with Gasteiger partial charge in [-0.05, 0) is 12.5 Å². The van der Waals surface area contributed by atoms with E-state index in [1.807, 2.05) is 6.08 Å². The average molecular weight is 248 g/mol. The van der Waals surface area contributed by atoms with Crippen LogP contribution in [-0.2, 0) is 4.79 Å². The summed E-state index contributed by atoms with van der Waals surface area (Å²) in [7, 11) is 0. The van der Waals surface area contributed by atoms with Gasteiger partial charge in [-0.3, -0.25) is 10.0 Å². The highest BCUT2D eigenvalue weighted by Gasteiger charge is 2.13. The minimum Gasteiger partial charge on any atom is -0.347 e. The van der Waals surface area contributed by atoms with Crippen molar-refractivity contribution in [3.05, 3.63) is 29.3 Å². The summed E-state index contributed by atoms with van der Waals surface area (Å²) < 4.78 is 0. The summed E-state index contributed by atoms with van der Waals surface area (Å²) in [6.45, 7) is 3.58. The Bertz CT molecular complexity index is 441. The number of allylic oxidation sites excluding steroid dienone is 2. The zero-order chi connectivity index (χ0) is 12.8. The van der Waals surface area contributed by atoms with Crippen LogP contribution in [0.25, 0.3) is 0 Å². The molecule has 0 aromatic heterocycles. The van der Waals surface area contributed by atoms with Crippen molar-refractivity contribution in [1.29, 1.82) is 0 Å². The number of amides is 1. The van der Waals surface area contributed by atoms with E-state index in [-0.39, 0.29) is 0 Å². The normalized spacial score (nSPS) is 19.7. The van der Waals surface area contributed by atoms with Gasteiger partial charge in [0.05, 0.1) is 5.57 Å². The molecule has 6 heteroatoms. The van der Waals surface area contributed by atoms with Crippen molar-refractivity contribution in [3.63, 3.8) is 0 Å². The van der Waals surface area contributed by atoms with Crippen LogP contribution in [0.2, 0.25) is 0 Å². The lowest BCUT2D eigenvalue weighted by molar-refractivity contribution is -0.124. The molecule has 3 N–H and O–H groups in total. The van der Waals surface area contributed by atoms with E-state index in [1.165, 1.54) is 6.21 Å². The van der Waals surface area contributed by atoms with Gasteiger partial charge in [0.1, 0.15) is 0 Å². The Morgan fingerprint density at radius 1 is 1.50 bits per heavy atom. The number of hydroxylamine groups is 1. The zero-order valence-corrected chi connectivity index (χ0v) is 10.0. The Labute approximate surface area is 105 Å². The molecule has 0 unspecified atom stereocenters. The van der Waals surface area contributed by atoms with Gasteiger partial charge in [0.15, 0.2) is 5.82 Å². The number of piperazine rings is 1. The van der Waals surface area contributed by atoms with Gasteiger partial charge < -0.3 is 10.2 Å². The first-order valence-corrected chi connectivity index (χ1v) is 5.91. The lowest BCUT2D eigenvalue weighted by Gasteiger charge is -2.28. The molecular formula is C12H16N4O2. The molecular weight excluding hydrogens is 232 g/mol. The summed E-state index contributed by atoms with van der Waals surface area (Å²) in [5.74, 6) is 0.182. The summed E-state index contributed by atoms with van der Waals surface area (Å²) in [6.07, 6.45) is 5.57. The van der Waals surface area contributed by atoms with Crippen molar-refractivity contribution in [2.24, 2.45) is 4.99 Å². The molecule has 6 nitrogen and oxygen atoms in total. The maximum atomic E-state index is 11.3.